The molecule has 0 atom stereocenters. The highest BCUT2D eigenvalue weighted by Gasteiger charge is 2.34. The highest BCUT2D eigenvalue weighted by Crippen LogP contribution is 2.43. The molecule has 9 nitrogen and oxygen atoms in total. The third-order valence-electron chi connectivity index (χ3n) is 4.79. The molecule has 3 aromatic rings. The molecule has 1 amide bonds. The van der Waals surface area contributed by atoms with Crippen molar-refractivity contribution in [3.8, 4) is 17.2 Å². The van der Waals surface area contributed by atoms with Crippen LogP contribution in [0.25, 0.3) is 0 Å². The molecule has 0 fully saturated rings. The van der Waals surface area contributed by atoms with Gasteiger partial charge in [-0.15, -0.1) is 5.10 Å². The summed E-state index contributed by atoms with van der Waals surface area (Å²) in [6.07, 6.45) is 3.09. The first kappa shape index (κ1) is 22.1. The van der Waals surface area contributed by atoms with Crippen LogP contribution in [-0.4, -0.2) is 41.2 Å². The van der Waals surface area contributed by atoms with Crippen molar-refractivity contribution in [3.05, 3.63) is 52.7 Å². The summed E-state index contributed by atoms with van der Waals surface area (Å²) in [4.78, 5) is 14.2. The number of sulfone groups is 1. The van der Waals surface area contributed by atoms with Gasteiger partial charge in [-0.05, 0) is 38.1 Å². The van der Waals surface area contributed by atoms with E-state index < -0.39 is 21.3 Å². The van der Waals surface area contributed by atoms with E-state index >= 15 is 0 Å². The van der Waals surface area contributed by atoms with Crippen LogP contribution in [0.3, 0.4) is 0 Å². The first-order chi connectivity index (χ1) is 14.9. The Bertz CT molecular complexity index is 1330. The number of anilines is 1. The Morgan fingerprint density at radius 1 is 1.28 bits per heavy atom. The summed E-state index contributed by atoms with van der Waals surface area (Å²) in [5.41, 5.74) is 0.633. The second kappa shape index (κ2) is 7.79. The van der Waals surface area contributed by atoms with Crippen molar-refractivity contribution in [2.45, 2.75) is 30.8 Å². The van der Waals surface area contributed by atoms with Crippen LogP contribution in [0.5, 0.6) is 17.2 Å². The lowest BCUT2D eigenvalue weighted by atomic mass is 9.99. The molecule has 0 bridgehead atoms. The van der Waals surface area contributed by atoms with E-state index in [2.05, 4.69) is 15.5 Å². The van der Waals surface area contributed by atoms with Gasteiger partial charge in [0.05, 0.1) is 16.1 Å². The van der Waals surface area contributed by atoms with Crippen LogP contribution in [0.4, 0.5) is 5.82 Å². The fourth-order valence-corrected chi connectivity index (χ4v) is 4.75. The Balaban J connectivity index is 1.70. The average molecular weight is 477 g/mol. The Morgan fingerprint density at radius 2 is 2.03 bits per heavy atom. The molecular weight excluding hydrogens is 456 g/mol. The van der Waals surface area contributed by atoms with Gasteiger partial charge in [-0.25, -0.2) is 8.42 Å². The Kier molecular flexibility index (Phi) is 5.38. The van der Waals surface area contributed by atoms with Gasteiger partial charge in [0.2, 0.25) is 0 Å². The summed E-state index contributed by atoms with van der Waals surface area (Å²) in [7, 11) is -1.82. The molecule has 1 aromatic heterocycles. The van der Waals surface area contributed by atoms with Crippen LogP contribution < -0.4 is 14.8 Å². The van der Waals surface area contributed by atoms with Crippen molar-refractivity contribution < 1.29 is 22.7 Å². The molecule has 4 rings (SSSR count). The molecule has 0 spiro atoms. The maximum absolute atomic E-state index is 12.8. The van der Waals surface area contributed by atoms with Gasteiger partial charge in [-0.3, -0.25) is 4.79 Å². The van der Waals surface area contributed by atoms with Crippen LogP contribution in [0.15, 0.2) is 41.4 Å². The zero-order valence-electron chi connectivity index (χ0n) is 17.8. The fraction of sp³-hybridized carbons (Fsp3) is 0.286. The molecule has 2 aromatic carbocycles. The Labute approximate surface area is 190 Å². The minimum absolute atomic E-state index is 0.0123. The van der Waals surface area contributed by atoms with Crippen molar-refractivity contribution in [1.29, 1.82) is 0 Å². The summed E-state index contributed by atoms with van der Waals surface area (Å²) in [6.45, 7) is 3.88. The van der Waals surface area contributed by atoms with Crippen LogP contribution in [0.1, 0.15) is 29.8 Å². The largest absolute Gasteiger partial charge is 0.487 e. The number of halogens is 1. The van der Waals surface area contributed by atoms with Crippen molar-refractivity contribution in [2.75, 3.05) is 11.6 Å². The molecule has 168 valence electrons. The molecule has 2 heterocycles. The number of amides is 1. The number of aromatic nitrogens is 3. The molecule has 1 N–H and O–H groups in total. The zero-order chi connectivity index (χ0) is 23.3. The summed E-state index contributed by atoms with van der Waals surface area (Å²) in [6, 6.07) is 7.59. The fourth-order valence-electron chi connectivity index (χ4n) is 3.43. The van der Waals surface area contributed by atoms with Crippen LogP contribution >= 0.6 is 11.6 Å². The Morgan fingerprint density at radius 3 is 2.66 bits per heavy atom. The van der Waals surface area contributed by atoms with Gasteiger partial charge in [0.25, 0.3) is 5.91 Å². The number of hydrogen-bond acceptors (Lipinski definition) is 7. The van der Waals surface area contributed by atoms with E-state index in [1.807, 2.05) is 13.8 Å². The number of nitrogens with zero attached hydrogens (tertiary/aromatic N) is 3. The number of fused-ring (bicyclic) bond motifs is 1. The van der Waals surface area contributed by atoms with E-state index in [1.54, 1.807) is 19.2 Å². The highest BCUT2D eigenvalue weighted by atomic mass is 35.5. The van der Waals surface area contributed by atoms with E-state index in [-0.39, 0.29) is 9.92 Å². The van der Waals surface area contributed by atoms with E-state index in [9.17, 15) is 13.2 Å². The normalized spacial score (nSPS) is 14.5. The number of carbonyl (C=O) groups excluding carboxylic acids is 1. The average Bonchev–Trinajstić information content (AvgIpc) is 3.21. The van der Waals surface area contributed by atoms with Crippen molar-refractivity contribution >= 4 is 33.2 Å². The van der Waals surface area contributed by atoms with E-state index in [4.69, 9.17) is 21.1 Å². The number of aryl methyl sites for hydroxylation is 1. The second-order valence-electron chi connectivity index (χ2n) is 8.13. The highest BCUT2D eigenvalue weighted by molar-refractivity contribution is 7.90. The SMILES string of the molecule is Cn1ncc(NC(=O)c2cc(Oc3ccc(S(C)(=O)=O)c(Cl)c3)c3c(c2)OC(C)(C)C3)n1. The van der Waals surface area contributed by atoms with Gasteiger partial charge in [-0.1, -0.05) is 11.6 Å². The molecule has 11 heteroatoms. The monoisotopic (exact) mass is 476 g/mol. The van der Waals surface area contributed by atoms with Gasteiger partial charge in [0, 0.05) is 36.9 Å². The third kappa shape index (κ3) is 4.56. The van der Waals surface area contributed by atoms with E-state index in [0.717, 1.165) is 11.8 Å². The lowest BCUT2D eigenvalue weighted by Crippen LogP contribution is -2.24. The summed E-state index contributed by atoms with van der Waals surface area (Å²) < 4.78 is 35.7. The molecular formula is C21H21ClN4O5S. The molecule has 0 unspecified atom stereocenters. The summed E-state index contributed by atoms with van der Waals surface area (Å²) >= 11 is 6.15. The van der Waals surface area contributed by atoms with Gasteiger partial charge in [0.1, 0.15) is 22.8 Å². The number of nitrogens with one attached hydrogen (secondary N) is 1. The lowest BCUT2D eigenvalue weighted by molar-refractivity contribution is 0.102. The minimum Gasteiger partial charge on any atom is -0.487 e. The standard InChI is InChI=1S/C21H21ClN4O5S/c1-21(2)10-14-16(30-13-5-6-18(15(22)9-13)32(4,28)29)7-12(8-17(14)31-21)20(27)24-19-11-23-26(3)25-19/h5-9,11H,10H2,1-4H3,(H,24,25,27). The van der Waals surface area contributed by atoms with E-state index in [0.29, 0.717) is 35.1 Å². The second-order valence-corrected chi connectivity index (χ2v) is 10.5. The van der Waals surface area contributed by atoms with Gasteiger partial charge in [0.15, 0.2) is 15.7 Å². The topological polar surface area (TPSA) is 112 Å². The number of hydrogen-bond donors (Lipinski definition) is 1. The minimum atomic E-state index is -3.47. The van der Waals surface area contributed by atoms with Gasteiger partial charge >= 0.3 is 0 Å². The molecule has 0 radical (unpaired) electrons. The smallest absolute Gasteiger partial charge is 0.257 e. The maximum atomic E-state index is 12.8. The van der Waals surface area contributed by atoms with Crippen LogP contribution in [-0.2, 0) is 23.3 Å². The summed E-state index contributed by atoms with van der Waals surface area (Å²) in [5.74, 6) is 1.19. The number of ether oxygens (including phenoxy) is 2. The number of benzene rings is 2. The van der Waals surface area contributed by atoms with Crippen molar-refractivity contribution in [1.82, 2.24) is 15.0 Å². The van der Waals surface area contributed by atoms with Gasteiger partial charge < -0.3 is 14.8 Å². The third-order valence-corrected chi connectivity index (χ3v) is 6.37. The predicted molar refractivity (Wildman–Crippen MR) is 118 cm³/mol. The van der Waals surface area contributed by atoms with Gasteiger partial charge in [-0.2, -0.15) is 9.90 Å². The molecule has 0 saturated carbocycles. The number of carbonyl (C=O) groups is 1. The molecule has 1 aliphatic rings. The maximum Gasteiger partial charge on any atom is 0.257 e. The van der Waals surface area contributed by atoms with E-state index in [1.165, 1.54) is 29.2 Å². The van der Waals surface area contributed by atoms with Crippen LogP contribution in [0, 0.1) is 0 Å². The first-order valence-electron chi connectivity index (χ1n) is 9.62. The number of rotatable bonds is 5. The summed E-state index contributed by atoms with van der Waals surface area (Å²) in [5, 5.41) is 10.7. The van der Waals surface area contributed by atoms with Crippen molar-refractivity contribution in [2.24, 2.45) is 7.05 Å². The molecule has 32 heavy (non-hydrogen) atoms. The quantitative estimate of drug-likeness (QED) is 0.598. The van der Waals surface area contributed by atoms with Crippen LogP contribution in [0.2, 0.25) is 5.02 Å². The lowest BCUT2D eigenvalue weighted by Gasteiger charge is -2.16. The molecule has 0 saturated heterocycles. The molecule has 0 aliphatic carbocycles. The zero-order valence-corrected chi connectivity index (χ0v) is 19.4. The first-order valence-corrected chi connectivity index (χ1v) is 11.9. The Hall–Kier alpha value is -3.11. The molecule has 1 aliphatic heterocycles. The predicted octanol–water partition coefficient (Wildman–Crippen LogP) is 3.63. The van der Waals surface area contributed by atoms with Crippen molar-refractivity contribution in [3.63, 3.8) is 0 Å².